The number of phenolic OH excluding ortho intramolecular Hbond substituents is 2. The first-order chi connectivity index (χ1) is 16.5. The fourth-order valence-corrected chi connectivity index (χ4v) is 3.86. The van der Waals surface area contributed by atoms with Crippen LogP contribution in [-0.4, -0.2) is 35.4 Å². The van der Waals surface area contributed by atoms with Crippen molar-refractivity contribution in [2.75, 3.05) is 12.4 Å². The molecule has 0 heterocycles. The lowest BCUT2D eigenvalue weighted by atomic mass is 9.94. The number of rotatable bonds is 6. The van der Waals surface area contributed by atoms with Crippen molar-refractivity contribution < 1.29 is 37.7 Å². The number of aromatic hydroxyl groups is 2. The second-order valence-electron chi connectivity index (χ2n) is 8.16. The van der Waals surface area contributed by atoms with Crippen molar-refractivity contribution in [1.82, 2.24) is 5.32 Å². The van der Waals surface area contributed by atoms with Gasteiger partial charge in [0.15, 0.2) is 11.5 Å². The van der Waals surface area contributed by atoms with Crippen LogP contribution < -0.4 is 15.4 Å². The third kappa shape index (κ3) is 5.01. The average Bonchev–Trinajstić information content (AvgIpc) is 3.62. The zero-order valence-electron chi connectivity index (χ0n) is 18.4. The van der Waals surface area contributed by atoms with Crippen molar-refractivity contribution in [1.29, 1.82) is 0 Å². The molecule has 0 bridgehead atoms. The number of ether oxygens (including phenoxy) is 1. The molecule has 0 aliphatic heterocycles. The van der Waals surface area contributed by atoms with Crippen LogP contribution in [-0.2, 0) is 10.2 Å². The molecule has 1 fully saturated rings. The van der Waals surface area contributed by atoms with Gasteiger partial charge in [0.05, 0.1) is 5.41 Å². The Kier molecular flexibility index (Phi) is 6.06. The summed E-state index contributed by atoms with van der Waals surface area (Å²) in [4.78, 5) is 25.1. The number of halogens is 3. The third-order valence-corrected chi connectivity index (χ3v) is 5.84. The van der Waals surface area contributed by atoms with Crippen LogP contribution in [0, 0.1) is 0 Å². The molecular weight excluding hydrogens is 465 g/mol. The maximum absolute atomic E-state index is 13.1. The summed E-state index contributed by atoms with van der Waals surface area (Å²) in [7, 11) is 1.44. The Morgan fingerprint density at radius 3 is 2.34 bits per heavy atom. The zero-order chi connectivity index (χ0) is 25.4. The molecule has 3 aromatic rings. The Labute approximate surface area is 198 Å². The van der Waals surface area contributed by atoms with Gasteiger partial charge in [-0.2, -0.15) is 0 Å². The average molecular weight is 486 g/mol. The molecule has 0 aromatic heterocycles. The minimum Gasteiger partial charge on any atom is -0.504 e. The van der Waals surface area contributed by atoms with E-state index in [0.29, 0.717) is 18.4 Å². The van der Waals surface area contributed by atoms with Gasteiger partial charge in [0.2, 0.25) is 5.91 Å². The van der Waals surface area contributed by atoms with Crippen molar-refractivity contribution in [3.8, 4) is 28.4 Å². The topological polar surface area (TPSA) is 108 Å². The van der Waals surface area contributed by atoms with Crippen LogP contribution >= 0.6 is 0 Å². The van der Waals surface area contributed by atoms with Gasteiger partial charge < -0.3 is 25.6 Å². The SMILES string of the molecule is CNC(=O)c1cccc(-c2cc(NC(=O)C3(c4ccc(O)c(O)c4)CC3)ccc2OC(F)(F)F)c1. The first kappa shape index (κ1) is 23.9. The number of anilines is 1. The van der Waals surface area contributed by atoms with E-state index in [-0.39, 0.29) is 33.9 Å². The van der Waals surface area contributed by atoms with E-state index in [4.69, 9.17) is 0 Å². The minimum atomic E-state index is -4.95. The van der Waals surface area contributed by atoms with E-state index in [1.165, 1.54) is 61.6 Å². The van der Waals surface area contributed by atoms with Crippen molar-refractivity contribution in [2.24, 2.45) is 0 Å². The van der Waals surface area contributed by atoms with Crippen molar-refractivity contribution in [3.63, 3.8) is 0 Å². The molecule has 35 heavy (non-hydrogen) atoms. The molecule has 182 valence electrons. The molecule has 0 saturated heterocycles. The third-order valence-electron chi connectivity index (χ3n) is 5.84. The van der Waals surface area contributed by atoms with Crippen LogP contribution in [0.4, 0.5) is 18.9 Å². The number of phenols is 2. The van der Waals surface area contributed by atoms with Crippen LogP contribution in [0.5, 0.6) is 17.2 Å². The van der Waals surface area contributed by atoms with Gasteiger partial charge in [0.25, 0.3) is 5.91 Å². The number of hydrogen-bond donors (Lipinski definition) is 4. The highest BCUT2D eigenvalue weighted by atomic mass is 19.4. The summed E-state index contributed by atoms with van der Waals surface area (Å²) >= 11 is 0. The van der Waals surface area contributed by atoms with Gasteiger partial charge in [-0.25, -0.2) is 0 Å². The lowest BCUT2D eigenvalue weighted by Gasteiger charge is -2.19. The predicted molar refractivity (Wildman–Crippen MR) is 121 cm³/mol. The highest BCUT2D eigenvalue weighted by Crippen LogP contribution is 2.50. The quantitative estimate of drug-likeness (QED) is 0.378. The standard InChI is InChI=1S/C25H21F3N2O5/c1-29-22(33)15-4-2-3-14(11-15)18-13-17(6-8-21(18)35-25(26,27)28)30-23(34)24(9-10-24)16-5-7-19(31)20(32)12-16/h2-8,11-13,31-32H,9-10H2,1H3,(H,29,33)(H,30,34). The van der Waals surface area contributed by atoms with Gasteiger partial charge in [-0.3, -0.25) is 9.59 Å². The molecular formula is C25H21F3N2O5. The van der Waals surface area contributed by atoms with Crippen molar-refractivity contribution >= 4 is 17.5 Å². The van der Waals surface area contributed by atoms with Gasteiger partial charge in [-0.1, -0.05) is 18.2 Å². The molecule has 1 aliphatic rings. The summed E-state index contributed by atoms with van der Waals surface area (Å²) in [6, 6.07) is 13.9. The van der Waals surface area contributed by atoms with Gasteiger partial charge in [-0.15, -0.1) is 13.2 Å². The van der Waals surface area contributed by atoms with Gasteiger partial charge >= 0.3 is 6.36 Å². The summed E-state index contributed by atoms with van der Waals surface area (Å²) in [5, 5.41) is 24.5. The molecule has 1 aliphatic carbocycles. The normalized spacial score (nSPS) is 14.2. The first-order valence-electron chi connectivity index (χ1n) is 10.6. The molecule has 0 spiro atoms. The van der Waals surface area contributed by atoms with Crippen molar-refractivity contribution in [3.05, 3.63) is 71.8 Å². The van der Waals surface area contributed by atoms with E-state index >= 15 is 0 Å². The molecule has 10 heteroatoms. The van der Waals surface area contributed by atoms with E-state index in [1.807, 2.05) is 0 Å². The molecule has 1 saturated carbocycles. The minimum absolute atomic E-state index is 0.0259. The number of carbonyl (C=O) groups is 2. The Morgan fingerprint density at radius 2 is 1.71 bits per heavy atom. The van der Waals surface area contributed by atoms with E-state index in [1.54, 1.807) is 0 Å². The van der Waals surface area contributed by atoms with E-state index in [0.717, 1.165) is 6.07 Å². The van der Waals surface area contributed by atoms with E-state index in [9.17, 15) is 33.0 Å². The number of nitrogens with one attached hydrogen (secondary N) is 2. The lowest BCUT2D eigenvalue weighted by molar-refractivity contribution is -0.274. The first-order valence-corrected chi connectivity index (χ1v) is 10.6. The molecule has 3 aromatic carbocycles. The number of alkyl halides is 3. The van der Waals surface area contributed by atoms with E-state index < -0.39 is 29.3 Å². The molecule has 0 unspecified atom stereocenters. The van der Waals surface area contributed by atoms with E-state index in [2.05, 4.69) is 15.4 Å². The number of benzene rings is 3. The summed E-state index contributed by atoms with van der Waals surface area (Å²) in [5.41, 5.74) is 0.358. The Hall–Kier alpha value is -4.21. The molecule has 0 radical (unpaired) electrons. The van der Waals surface area contributed by atoms with Crippen LogP contribution in [0.1, 0.15) is 28.8 Å². The van der Waals surface area contributed by atoms with Gasteiger partial charge in [0, 0.05) is 23.9 Å². The predicted octanol–water partition coefficient (Wildman–Crippen LogP) is 4.69. The number of hydrogen-bond acceptors (Lipinski definition) is 5. The van der Waals surface area contributed by atoms with Gasteiger partial charge in [0.1, 0.15) is 5.75 Å². The molecule has 0 atom stereocenters. The fraction of sp³-hybridized carbons (Fsp3) is 0.200. The molecule has 2 amide bonds. The Balaban J connectivity index is 1.68. The Morgan fingerprint density at radius 1 is 0.971 bits per heavy atom. The maximum Gasteiger partial charge on any atom is 0.573 e. The number of amides is 2. The second kappa shape index (κ2) is 8.86. The largest absolute Gasteiger partial charge is 0.573 e. The second-order valence-corrected chi connectivity index (χ2v) is 8.16. The molecule has 4 rings (SSSR count). The summed E-state index contributed by atoms with van der Waals surface area (Å²) in [6.45, 7) is 0. The zero-order valence-corrected chi connectivity index (χ0v) is 18.4. The smallest absolute Gasteiger partial charge is 0.504 e. The highest BCUT2D eigenvalue weighted by Gasteiger charge is 2.51. The van der Waals surface area contributed by atoms with Crippen LogP contribution in [0.3, 0.4) is 0 Å². The highest BCUT2D eigenvalue weighted by molar-refractivity contribution is 6.02. The van der Waals surface area contributed by atoms with Gasteiger partial charge in [-0.05, 0) is 66.4 Å². The molecule has 4 N–H and O–H groups in total. The van der Waals surface area contributed by atoms with Crippen LogP contribution in [0.2, 0.25) is 0 Å². The summed E-state index contributed by atoms with van der Waals surface area (Å²) in [5.74, 6) is -1.98. The van der Waals surface area contributed by atoms with Crippen LogP contribution in [0.25, 0.3) is 11.1 Å². The summed E-state index contributed by atoms with van der Waals surface area (Å²) in [6.07, 6.45) is -3.95. The van der Waals surface area contributed by atoms with Crippen LogP contribution in [0.15, 0.2) is 60.7 Å². The summed E-state index contributed by atoms with van der Waals surface area (Å²) < 4.78 is 43.3. The monoisotopic (exact) mass is 486 g/mol. The fourth-order valence-electron chi connectivity index (χ4n) is 3.86. The van der Waals surface area contributed by atoms with Crippen molar-refractivity contribution in [2.45, 2.75) is 24.6 Å². The maximum atomic E-state index is 13.1. The number of carbonyl (C=O) groups excluding carboxylic acids is 2. The Bertz CT molecular complexity index is 1300. The lowest BCUT2D eigenvalue weighted by Crippen LogP contribution is -2.27. The molecule has 7 nitrogen and oxygen atoms in total.